The number of amides is 1. The van der Waals surface area contributed by atoms with Crippen LogP contribution in [0, 0.1) is 19.8 Å². The average molecular weight is 323 g/mol. The maximum Gasteiger partial charge on any atom is 0.226 e. The van der Waals surface area contributed by atoms with Crippen LogP contribution in [0.25, 0.3) is 0 Å². The van der Waals surface area contributed by atoms with Crippen LogP contribution in [0.1, 0.15) is 48.2 Å². The van der Waals surface area contributed by atoms with E-state index in [1.807, 2.05) is 19.3 Å². The van der Waals surface area contributed by atoms with Crippen molar-refractivity contribution in [1.82, 2.24) is 14.5 Å². The lowest BCUT2D eigenvalue weighted by molar-refractivity contribution is -0.134. The third-order valence-corrected chi connectivity index (χ3v) is 5.54. The molecule has 4 rings (SSSR count). The number of rotatable bonds is 3. The molecule has 1 saturated heterocycles. The molecule has 24 heavy (non-hydrogen) atoms. The number of benzene rings is 1. The monoisotopic (exact) mass is 323 g/mol. The molecule has 3 atom stereocenters. The predicted molar refractivity (Wildman–Crippen MR) is 93.8 cm³/mol. The van der Waals surface area contributed by atoms with E-state index in [1.54, 1.807) is 0 Å². The lowest BCUT2D eigenvalue weighted by Gasteiger charge is -2.34. The van der Waals surface area contributed by atoms with Crippen molar-refractivity contribution in [2.75, 3.05) is 13.1 Å². The molecule has 1 aromatic carbocycles. The minimum absolute atomic E-state index is 0.189. The number of aryl methyl sites for hydroxylation is 2. The molecule has 0 N–H and O–H groups in total. The summed E-state index contributed by atoms with van der Waals surface area (Å²) in [6.07, 6.45) is 7.11. The summed E-state index contributed by atoms with van der Waals surface area (Å²) in [5.74, 6) is 2.00. The molecule has 1 saturated carbocycles. The Hall–Kier alpha value is -2.10. The Balaban J connectivity index is 1.43. The Morgan fingerprint density at radius 1 is 1.29 bits per heavy atom. The Labute approximate surface area is 143 Å². The smallest absolute Gasteiger partial charge is 0.226 e. The van der Waals surface area contributed by atoms with Crippen molar-refractivity contribution in [2.45, 2.75) is 45.1 Å². The van der Waals surface area contributed by atoms with Crippen molar-refractivity contribution < 1.29 is 4.79 Å². The van der Waals surface area contributed by atoms with Crippen LogP contribution in [-0.4, -0.2) is 33.4 Å². The van der Waals surface area contributed by atoms with E-state index in [4.69, 9.17) is 0 Å². The minimum Gasteiger partial charge on any atom is -0.340 e. The standard InChI is InChI=1S/C20H25N3O/c1-14-5-3-6-16(11-14)18-12-19(18)20(24)22-9-4-7-17(13-22)23-10-8-21-15(23)2/h3,5-6,8,10-11,17-19H,4,7,9,12-13H2,1-2H3/t17-,18+,19-/m1/s1. The van der Waals surface area contributed by atoms with Gasteiger partial charge in [-0.15, -0.1) is 0 Å². The van der Waals surface area contributed by atoms with Gasteiger partial charge in [0.15, 0.2) is 0 Å². The quantitative estimate of drug-likeness (QED) is 0.867. The normalized spacial score (nSPS) is 26.4. The molecule has 0 radical (unpaired) electrons. The number of aromatic nitrogens is 2. The van der Waals surface area contributed by atoms with E-state index in [9.17, 15) is 4.79 Å². The van der Waals surface area contributed by atoms with Crippen LogP contribution < -0.4 is 0 Å². The summed E-state index contributed by atoms with van der Waals surface area (Å²) in [6, 6.07) is 8.99. The van der Waals surface area contributed by atoms with Gasteiger partial charge in [-0.25, -0.2) is 4.98 Å². The van der Waals surface area contributed by atoms with Crippen molar-refractivity contribution in [1.29, 1.82) is 0 Å². The largest absolute Gasteiger partial charge is 0.340 e. The highest BCUT2D eigenvalue weighted by Crippen LogP contribution is 2.49. The van der Waals surface area contributed by atoms with E-state index >= 15 is 0 Å². The van der Waals surface area contributed by atoms with Crippen molar-refractivity contribution in [2.24, 2.45) is 5.92 Å². The van der Waals surface area contributed by atoms with E-state index in [0.717, 1.165) is 38.2 Å². The predicted octanol–water partition coefficient (Wildman–Crippen LogP) is 3.47. The highest BCUT2D eigenvalue weighted by Gasteiger charge is 2.46. The van der Waals surface area contributed by atoms with Crippen molar-refractivity contribution in [3.63, 3.8) is 0 Å². The summed E-state index contributed by atoms with van der Waals surface area (Å²) in [5, 5.41) is 0. The molecule has 2 aliphatic rings. The molecular weight excluding hydrogens is 298 g/mol. The lowest BCUT2D eigenvalue weighted by Crippen LogP contribution is -2.41. The molecule has 0 unspecified atom stereocenters. The number of hydrogen-bond acceptors (Lipinski definition) is 2. The zero-order valence-electron chi connectivity index (χ0n) is 14.5. The van der Waals surface area contributed by atoms with Crippen LogP contribution in [0.3, 0.4) is 0 Å². The van der Waals surface area contributed by atoms with Crippen molar-refractivity contribution in [3.8, 4) is 0 Å². The van der Waals surface area contributed by atoms with Gasteiger partial charge in [-0.1, -0.05) is 29.8 Å². The van der Waals surface area contributed by atoms with Crippen LogP contribution in [0.2, 0.25) is 0 Å². The fourth-order valence-corrected chi connectivity index (χ4v) is 4.13. The number of hydrogen-bond donors (Lipinski definition) is 0. The maximum atomic E-state index is 12.9. The highest BCUT2D eigenvalue weighted by molar-refractivity contribution is 5.83. The number of piperidine rings is 1. The molecule has 0 bridgehead atoms. The molecule has 126 valence electrons. The molecule has 2 heterocycles. The molecule has 0 spiro atoms. The highest BCUT2D eigenvalue weighted by atomic mass is 16.2. The van der Waals surface area contributed by atoms with Crippen LogP contribution in [0.5, 0.6) is 0 Å². The maximum absolute atomic E-state index is 12.9. The van der Waals surface area contributed by atoms with Gasteiger partial charge in [-0.2, -0.15) is 0 Å². The lowest BCUT2D eigenvalue weighted by atomic mass is 10.0. The van der Waals surface area contributed by atoms with Gasteiger partial charge in [0.25, 0.3) is 0 Å². The number of nitrogens with zero attached hydrogens (tertiary/aromatic N) is 3. The first-order valence-electron chi connectivity index (χ1n) is 8.98. The molecule has 1 aromatic heterocycles. The third kappa shape index (κ3) is 2.85. The average Bonchev–Trinajstić information content (AvgIpc) is 3.28. The molecular formula is C20H25N3O. The van der Waals surface area contributed by atoms with Gasteiger partial charge in [0.1, 0.15) is 5.82 Å². The zero-order valence-corrected chi connectivity index (χ0v) is 14.5. The van der Waals surface area contributed by atoms with E-state index in [1.165, 1.54) is 11.1 Å². The molecule has 1 aliphatic heterocycles. The number of imidazole rings is 1. The number of carbonyl (C=O) groups is 1. The molecule has 2 aromatic rings. The van der Waals surface area contributed by atoms with Crippen molar-refractivity contribution in [3.05, 3.63) is 53.6 Å². The Morgan fingerprint density at radius 3 is 2.92 bits per heavy atom. The Kier molecular flexibility index (Phi) is 3.91. The number of likely N-dealkylation sites (tertiary alicyclic amines) is 1. The second-order valence-corrected chi connectivity index (χ2v) is 7.32. The SMILES string of the molecule is Cc1cccc([C@@H]2C[C@H]2C(=O)N2CCC[C@@H](n3ccnc3C)C2)c1. The molecule has 4 heteroatoms. The summed E-state index contributed by atoms with van der Waals surface area (Å²) < 4.78 is 2.23. The topological polar surface area (TPSA) is 38.1 Å². The van der Waals surface area contributed by atoms with Crippen LogP contribution in [-0.2, 0) is 4.79 Å². The second kappa shape index (κ2) is 6.08. The number of carbonyl (C=O) groups excluding carboxylic acids is 1. The van der Waals surface area contributed by atoms with Crippen LogP contribution in [0.15, 0.2) is 36.7 Å². The van der Waals surface area contributed by atoms with E-state index in [2.05, 4.69) is 45.6 Å². The van der Waals surface area contributed by atoms with Crippen LogP contribution >= 0.6 is 0 Å². The third-order valence-electron chi connectivity index (χ3n) is 5.54. The van der Waals surface area contributed by atoms with Crippen LogP contribution in [0.4, 0.5) is 0 Å². The van der Waals surface area contributed by atoms with E-state index in [0.29, 0.717) is 17.9 Å². The van der Waals surface area contributed by atoms with Gasteiger partial charge in [0, 0.05) is 31.4 Å². The fraction of sp³-hybridized carbons (Fsp3) is 0.500. The molecule has 1 aliphatic carbocycles. The van der Waals surface area contributed by atoms with Gasteiger partial charge < -0.3 is 9.47 Å². The first-order valence-corrected chi connectivity index (χ1v) is 8.98. The van der Waals surface area contributed by atoms with E-state index in [-0.39, 0.29) is 5.92 Å². The van der Waals surface area contributed by atoms with Gasteiger partial charge in [0.05, 0.1) is 6.04 Å². The molecule has 1 amide bonds. The van der Waals surface area contributed by atoms with E-state index < -0.39 is 0 Å². The Morgan fingerprint density at radius 2 is 2.17 bits per heavy atom. The fourth-order valence-electron chi connectivity index (χ4n) is 4.13. The second-order valence-electron chi connectivity index (χ2n) is 7.32. The van der Waals surface area contributed by atoms with Gasteiger partial charge in [-0.3, -0.25) is 4.79 Å². The van der Waals surface area contributed by atoms with Gasteiger partial charge in [0.2, 0.25) is 5.91 Å². The molecule has 2 fully saturated rings. The Bertz CT molecular complexity index is 751. The summed E-state index contributed by atoms with van der Waals surface area (Å²) >= 11 is 0. The molecule has 4 nitrogen and oxygen atoms in total. The van der Waals surface area contributed by atoms with Gasteiger partial charge in [-0.05, 0) is 44.6 Å². The first-order chi connectivity index (χ1) is 11.6. The summed E-state index contributed by atoms with van der Waals surface area (Å²) in [5.41, 5.74) is 2.60. The van der Waals surface area contributed by atoms with Gasteiger partial charge >= 0.3 is 0 Å². The summed E-state index contributed by atoms with van der Waals surface area (Å²) in [4.78, 5) is 19.4. The van der Waals surface area contributed by atoms with Crippen molar-refractivity contribution >= 4 is 5.91 Å². The summed E-state index contributed by atoms with van der Waals surface area (Å²) in [6.45, 7) is 5.88. The minimum atomic E-state index is 0.189. The zero-order chi connectivity index (χ0) is 16.7. The summed E-state index contributed by atoms with van der Waals surface area (Å²) in [7, 11) is 0. The first kappa shape index (κ1) is 15.4.